The minimum atomic E-state index is -0.556. The summed E-state index contributed by atoms with van der Waals surface area (Å²) in [7, 11) is 0. The number of hydrogen-bond donors (Lipinski definition) is 1. The van der Waals surface area contributed by atoms with Crippen molar-refractivity contribution >= 4 is 5.97 Å². The zero-order chi connectivity index (χ0) is 11.5. The van der Waals surface area contributed by atoms with Crippen LogP contribution >= 0.6 is 0 Å². The summed E-state index contributed by atoms with van der Waals surface area (Å²) in [5.41, 5.74) is -0.430. The van der Waals surface area contributed by atoms with Crippen molar-refractivity contribution in [1.82, 2.24) is 0 Å². The van der Waals surface area contributed by atoms with E-state index < -0.39 is 11.4 Å². The number of epoxide rings is 1. The molecule has 3 nitrogen and oxygen atoms in total. The average Bonchev–Trinajstić information content (AvgIpc) is 2.63. The van der Waals surface area contributed by atoms with Crippen LogP contribution in [0.4, 0.5) is 0 Å². The third kappa shape index (κ3) is 0.815. The molecule has 5 rings (SSSR count). The fraction of sp³-hybridized carbons (Fsp3) is 0.929. The Balaban J connectivity index is 1.58. The van der Waals surface area contributed by atoms with Gasteiger partial charge in [0.15, 0.2) is 0 Å². The largest absolute Gasteiger partial charge is 0.481 e. The van der Waals surface area contributed by atoms with Crippen LogP contribution in [0.2, 0.25) is 0 Å². The number of fused-ring (bicyclic) bond motifs is 12. The highest BCUT2D eigenvalue weighted by Gasteiger charge is 2.75. The smallest absolute Gasteiger partial charge is 0.309 e. The summed E-state index contributed by atoms with van der Waals surface area (Å²) in [6.45, 7) is 1.99. The van der Waals surface area contributed by atoms with Gasteiger partial charge in [-0.25, -0.2) is 0 Å². The Morgan fingerprint density at radius 3 is 2.65 bits per heavy atom. The van der Waals surface area contributed by atoms with Crippen molar-refractivity contribution in [1.29, 1.82) is 0 Å². The highest BCUT2D eigenvalue weighted by molar-refractivity contribution is 5.75. The van der Waals surface area contributed by atoms with Gasteiger partial charge >= 0.3 is 5.97 Å². The molecule has 9 atom stereocenters. The van der Waals surface area contributed by atoms with Gasteiger partial charge in [0.05, 0.1) is 17.6 Å². The number of ether oxygens (including phenoxy) is 1. The van der Waals surface area contributed by atoms with E-state index in [0.717, 1.165) is 18.3 Å². The summed E-state index contributed by atoms with van der Waals surface area (Å²) in [5.74, 6) is 3.58. The highest BCUT2D eigenvalue weighted by atomic mass is 16.6. The van der Waals surface area contributed by atoms with Crippen LogP contribution in [0.15, 0.2) is 0 Å². The Labute approximate surface area is 101 Å². The summed E-state index contributed by atoms with van der Waals surface area (Å²) < 4.78 is 5.78. The topological polar surface area (TPSA) is 49.8 Å². The molecule has 92 valence electrons. The van der Waals surface area contributed by atoms with E-state index in [9.17, 15) is 9.90 Å². The van der Waals surface area contributed by atoms with Crippen LogP contribution in [0.3, 0.4) is 0 Å². The van der Waals surface area contributed by atoms with Crippen molar-refractivity contribution in [3.8, 4) is 0 Å². The zero-order valence-electron chi connectivity index (χ0n) is 10.0. The van der Waals surface area contributed by atoms with Gasteiger partial charge in [0, 0.05) is 0 Å². The van der Waals surface area contributed by atoms with E-state index in [0.29, 0.717) is 35.9 Å². The molecule has 4 bridgehead atoms. The first kappa shape index (κ1) is 9.37. The molecule has 0 aromatic carbocycles. The number of carboxylic acids is 1. The second kappa shape index (κ2) is 2.42. The molecule has 17 heavy (non-hydrogen) atoms. The number of carbonyl (C=O) groups is 1. The zero-order valence-corrected chi connectivity index (χ0v) is 10.0. The molecule has 1 saturated heterocycles. The monoisotopic (exact) mass is 234 g/mol. The van der Waals surface area contributed by atoms with E-state index in [1.165, 1.54) is 12.8 Å². The lowest BCUT2D eigenvalue weighted by molar-refractivity contribution is -0.154. The van der Waals surface area contributed by atoms with Gasteiger partial charge in [-0.1, -0.05) is 0 Å². The Kier molecular flexibility index (Phi) is 1.33. The van der Waals surface area contributed by atoms with Crippen molar-refractivity contribution in [2.45, 2.75) is 38.4 Å². The molecule has 5 fully saturated rings. The van der Waals surface area contributed by atoms with Crippen molar-refractivity contribution in [3.63, 3.8) is 0 Å². The minimum absolute atomic E-state index is 0.430. The minimum Gasteiger partial charge on any atom is -0.481 e. The first-order valence-electron chi connectivity index (χ1n) is 7.00. The first-order chi connectivity index (χ1) is 8.11. The van der Waals surface area contributed by atoms with E-state index >= 15 is 0 Å². The summed E-state index contributed by atoms with van der Waals surface area (Å²) in [6, 6.07) is 0. The molecular formula is C14H18O3. The average molecular weight is 234 g/mol. The third-order valence-electron chi connectivity index (χ3n) is 6.94. The molecule has 9 unspecified atom stereocenters. The maximum atomic E-state index is 11.6. The molecule has 0 aromatic rings. The van der Waals surface area contributed by atoms with Gasteiger partial charge in [0.25, 0.3) is 0 Å². The predicted molar refractivity (Wildman–Crippen MR) is 59.2 cm³/mol. The SMILES string of the molecule is CC1(C(=O)O)CC2CC1C1C3CC(C4OC34)C21. The van der Waals surface area contributed by atoms with Crippen LogP contribution in [0.1, 0.15) is 26.2 Å². The first-order valence-corrected chi connectivity index (χ1v) is 7.00. The van der Waals surface area contributed by atoms with Gasteiger partial charge in [0.2, 0.25) is 0 Å². The highest BCUT2D eigenvalue weighted by Crippen LogP contribution is 2.75. The number of rotatable bonds is 1. The maximum absolute atomic E-state index is 11.6. The lowest BCUT2D eigenvalue weighted by atomic mass is 9.61. The molecule has 0 aromatic heterocycles. The van der Waals surface area contributed by atoms with Gasteiger partial charge in [-0.05, 0) is 61.7 Å². The van der Waals surface area contributed by atoms with E-state index in [-0.39, 0.29) is 0 Å². The summed E-state index contributed by atoms with van der Waals surface area (Å²) >= 11 is 0. The van der Waals surface area contributed by atoms with Crippen LogP contribution in [0.25, 0.3) is 0 Å². The predicted octanol–water partition coefficient (Wildman–Crippen LogP) is 1.77. The van der Waals surface area contributed by atoms with Crippen LogP contribution in [0, 0.1) is 40.9 Å². The van der Waals surface area contributed by atoms with Gasteiger partial charge in [0.1, 0.15) is 0 Å². The van der Waals surface area contributed by atoms with Gasteiger partial charge in [-0.3, -0.25) is 4.79 Å². The molecule has 0 radical (unpaired) electrons. The van der Waals surface area contributed by atoms with Crippen LogP contribution in [-0.2, 0) is 9.53 Å². The number of carboxylic acid groups (broad SMARTS) is 1. The normalized spacial score (nSPS) is 69.2. The lowest BCUT2D eigenvalue weighted by Crippen LogP contribution is -2.44. The Bertz CT molecular complexity index is 433. The molecule has 0 spiro atoms. The molecule has 1 N–H and O–H groups in total. The second-order valence-corrected chi connectivity index (χ2v) is 7.31. The van der Waals surface area contributed by atoms with Crippen molar-refractivity contribution in [2.24, 2.45) is 40.9 Å². The molecule has 3 heteroatoms. The number of aliphatic carboxylic acids is 1. The van der Waals surface area contributed by atoms with Gasteiger partial charge < -0.3 is 9.84 Å². The van der Waals surface area contributed by atoms with Crippen LogP contribution in [-0.4, -0.2) is 23.3 Å². The Hall–Kier alpha value is -0.570. The molecule has 1 heterocycles. The lowest BCUT2D eigenvalue weighted by Gasteiger charge is -2.41. The van der Waals surface area contributed by atoms with Crippen LogP contribution < -0.4 is 0 Å². The summed E-state index contributed by atoms with van der Waals surface area (Å²) in [6.07, 6.45) is 4.56. The van der Waals surface area contributed by atoms with Crippen molar-refractivity contribution < 1.29 is 14.6 Å². The summed E-state index contributed by atoms with van der Waals surface area (Å²) in [5, 5.41) is 9.53. The van der Waals surface area contributed by atoms with Crippen molar-refractivity contribution in [2.75, 3.05) is 0 Å². The quantitative estimate of drug-likeness (QED) is 0.555. The van der Waals surface area contributed by atoms with E-state index in [4.69, 9.17) is 4.74 Å². The molecule has 1 aliphatic heterocycles. The third-order valence-corrected chi connectivity index (χ3v) is 6.94. The van der Waals surface area contributed by atoms with E-state index in [1.807, 2.05) is 6.92 Å². The maximum Gasteiger partial charge on any atom is 0.309 e. The number of hydrogen-bond acceptors (Lipinski definition) is 2. The molecule has 4 aliphatic carbocycles. The fourth-order valence-electron chi connectivity index (χ4n) is 6.45. The van der Waals surface area contributed by atoms with E-state index in [1.54, 1.807) is 0 Å². The van der Waals surface area contributed by atoms with E-state index in [2.05, 4.69) is 0 Å². The molecule has 5 aliphatic rings. The fourth-order valence-corrected chi connectivity index (χ4v) is 6.45. The Morgan fingerprint density at radius 2 is 1.94 bits per heavy atom. The Morgan fingerprint density at radius 1 is 1.24 bits per heavy atom. The second-order valence-electron chi connectivity index (χ2n) is 7.31. The van der Waals surface area contributed by atoms with Gasteiger partial charge in [-0.2, -0.15) is 0 Å². The molecule has 0 amide bonds. The molecule has 4 saturated carbocycles. The molecular weight excluding hydrogens is 216 g/mol. The van der Waals surface area contributed by atoms with Gasteiger partial charge in [-0.15, -0.1) is 0 Å². The summed E-state index contributed by atoms with van der Waals surface area (Å²) in [4.78, 5) is 11.6. The standard InChI is InChI=1S/C14H18O3/c1-14(13(15)16)4-5-2-8(14)10-7-3-6(9(5)10)11-12(7)17-11/h5-12H,2-4H2,1H3,(H,15,16). The van der Waals surface area contributed by atoms with Crippen molar-refractivity contribution in [3.05, 3.63) is 0 Å². The van der Waals surface area contributed by atoms with Crippen LogP contribution in [0.5, 0.6) is 0 Å².